The average Bonchev–Trinajstić information content (AvgIpc) is 2.87. The molecule has 1 saturated carbocycles. The van der Waals surface area contributed by atoms with Crippen molar-refractivity contribution >= 4 is 35.1 Å². The largest absolute Gasteiger partial charge is 0.490 e. The van der Waals surface area contributed by atoms with Crippen LogP contribution in [0.2, 0.25) is 0 Å². The van der Waals surface area contributed by atoms with Crippen LogP contribution in [0.5, 0.6) is 0 Å². The number of esters is 2. The molecule has 0 aromatic carbocycles. The predicted octanol–water partition coefficient (Wildman–Crippen LogP) is 3.10. The molecular weight excluding hydrogens is 336 g/mol. The molecule has 0 saturated heterocycles. The number of halogens is 5. The predicted molar refractivity (Wildman–Crippen MR) is 68.8 cm³/mol. The molecule has 0 aromatic heterocycles. The highest BCUT2D eigenvalue weighted by atomic mass is 35.5. The molecule has 21 heavy (non-hydrogen) atoms. The van der Waals surface area contributed by atoms with Crippen molar-refractivity contribution in [2.75, 3.05) is 6.61 Å². The van der Waals surface area contributed by atoms with Gasteiger partial charge in [-0.2, -0.15) is 13.2 Å². The third kappa shape index (κ3) is 3.94. The van der Waals surface area contributed by atoms with E-state index in [4.69, 9.17) is 27.9 Å². The minimum atomic E-state index is -5.15. The molecule has 0 bridgehead atoms. The molecule has 122 valence electrons. The summed E-state index contributed by atoms with van der Waals surface area (Å²) in [4.78, 5) is 21.3. The number of hydrogen-bond acceptors (Lipinski definition) is 4. The second-order valence-electron chi connectivity index (χ2n) is 5.28. The van der Waals surface area contributed by atoms with Gasteiger partial charge in [-0.25, -0.2) is 4.79 Å². The normalized spacial score (nSPS) is 25.4. The van der Waals surface area contributed by atoms with E-state index in [1.54, 1.807) is 20.8 Å². The van der Waals surface area contributed by atoms with Gasteiger partial charge in [0.05, 0.1) is 12.5 Å². The van der Waals surface area contributed by atoms with E-state index in [0.29, 0.717) is 0 Å². The fourth-order valence-corrected chi connectivity index (χ4v) is 2.86. The van der Waals surface area contributed by atoms with Crippen molar-refractivity contribution in [1.29, 1.82) is 0 Å². The number of hydrogen-bond donors (Lipinski definition) is 0. The molecule has 9 heteroatoms. The quantitative estimate of drug-likeness (QED) is 0.564. The topological polar surface area (TPSA) is 52.6 Å². The Hall–Kier alpha value is -0.690. The molecule has 1 fully saturated rings. The zero-order chi connectivity index (χ0) is 16.6. The second-order valence-corrected chi connectivity index (χ2v) is 6.44. The van der Waals surface area contributed by atoms with Crippen molar-refractivity contribution in [2.45, 2.75) is 37.9 Å². The van der Waals surface area contributed by atoms with E-state index in [1.807, 2.05) is 0 Å². The SMILES string of the molecule is CCOC(=O)[C@@H]1[C@@H](C(OC(=O)C(F)(F)F)C(Cl)Cl)C1(C)C. The van der Waals surface area contributed by atoms with Gasteiger partial charge in [0.1, 0.15) is 10.9 Å². The molecule has 1 aliphatic rings. The van der Waals surface area contributed by atoms with E-state index >= 15 is 0 Å². The van der Waals surface area contributed by atoms with E-state index in [1.165, 1.54) is 0 Å². The Labute approximate surface area is 129 Å². The molecule has 0 spiro atoms. The average molecular weight is 351 g/mol. The maximum atomic E-state index is 12.3. The molecule has 0 heterocycles. The van der Waals surface area contributed by atoms with Gasteiger partial charge in [-0.1, -0.05) is 13.8 Å². The number of carbonyl (C=O) groups is 2. The highest BCUT2D eigenvalue weighted by Gasteiger charge is 2.68. The third-order valence-corrected chi connectivity index (χ3v) is 4.02. The molecule has 0 aromatic rings. The van der Waals surface area contributed by atoms with Crippen LogP contribution in [0.3, 0.4) is 0 Å². The summed E-state index contributed by atoms with van der Waals surface area (Å²) in [5.41, 5.74) is -0.717. The minimum Gasteiger partial charge on any atom is -0.466 e. The summed E-state index contributed by atoms with van der Waals surface area (Å²) in [6.45, 7) is 5.03. The lowest BCUT2D eigenvalue weighted by Crippen LogP contribution is -2.35. The summed E-state index contributed by atoms with van der Waals surface area (Å²) >= 11 is 11.2. The highest BCUT2D eigenvalue weighted by molar-refractivity contribution is 6.44. The first-order chi connectivity index (χ1) is 9.44. The van der Waals surface area contributed by atoms with Gasteiger partial charge in [0, 0.05) is 5.92 Å². The van der Waals surface area contributed by atoms with Crippen LogP contribution in [0, 0.1) is 17.3 Å². The molecule has 1 unspecified atom stereocenters. The molecule has 1 aliphatic carbocycles. The molecule has 4 nitrogen and oxygen atoms in total. The van der Waals surface area contributed by atoms with Crippen molar-refractivity contribution in [3.05, 3.63) is 0 Å². The summed E-state index contributed by atoms with van der Waals surface area (Å²) in [5.74, 6) is -4.41. The van der Waals surface area contributed by atoms with Gasteiger partial charge >= 0.3 is 18.1 Å². The van der Waals surface area contributed by atoms with Crippen LogP contribution >= 0.6 is 23.2 Å². The summed E-state index contributed by atoms with van der Waals surface area (Å²) in [5, 5.41) is 0. The van der Waals surface area contributed by atoms with Gasteiger partial charge in [-0.05, 0) is 12.3 Å². The maximum absolute atomic E-state index is 12.3. The Morgan fingerprint density at radius 1 is 1.29 bits per heavy atom. The van der Waals surface area contributed by atoms with E-state index in [0.717, 1.165) is 0 Å². The lowest BCUT2D eigenvalue weighted by molar-refractivity contribution is -0.205. The summed E-state index contributed by atoms with van der Waals surface area (Å²) < 4.78 is 46.0. The fourth-order valence-electron chi connectivity index (χ4n) is 2.44. The zero-order valence-electron chi connectivity index (χ0n) is 11.5. The van der Waals surface area contributed by atoms with Crippen molar-refractivity contribution in [3.63, 3.8) is 0 Å². The van der Waals surface area contributed by atoms with Crippen LogP contribution in [-0.2, 0) is 19.1 Å². The molecule has 0 radical (unpaired) electrons. The Bertz CT molecular complexity index is 423. The lowest BCUT2D eigenvalue weighted by Gasteiger charge is -2.20. The molecular formula is C12H15Cl2F3O4. The van der Waals surface area contributed by atoms with Gasteiger partial charge < -0.3 is 9.47 Å². The van der Waals surface area contributed by atoms with E-state index in [2.05, 4.69) is 4.74 Å². The number of ether oxygens (including phenoxy) is 2. The van der Waals surface area contributed by atoms with Crippen molar-refractivity contribution in [2.24, 2.45) is 17.3 Å². The van der Waals surface area contributed by atoms with Gasteiger partial charge in [0.2, 0.25) is 0 Å². The summed E-state index contributed by atoms with van der Waals surface area (Å²) in [6, 6.07) is 0. The Kier molecular flexibility index (Phi) is 5.42. The fraction of sp³-hybridized carbons (Fsp3) is 0.833. The van der Waals surface area contributed by atoms with E-state index in [-0.39, 0.29) is 6.61 Å². The number of alkyl halides is 5. The third-order valence-electron chi connectivity index (χ3n) is 3.53. The van der Waals surface area contributed by atoms with E-state index < -0.39 is 46.3 Å². The molecule has 0 N–H and O–H groups in total. The first kappa shape index (κ1) is 18.4. The monoisotopic (exact) mass is 350 g/mol. The van der Waals surface area contributed by atoms with Gasteiger partial charge in [-0.15, -0.1) is 23.2 Å². The van der Waals surface area contributed by atoms with Crippen LogP contribution in [0.4, 0.5) is 13.2 Å². The molecule has 0 amide bonds. The van der Waals surface area contributed by atoms with Crippen molar-refractivity contribution < 1.29 is 32.2 Å². The van der Waals surface area contributed by atoms with Crippen molar-refractivity contribution in [1.82, 2.24) is 0 Å². The Morgan fingerprint density at radius 2 is 1.81 bits per heavy atom. The van der Waals surface area contributed by atoms with Crippen molar-refractivity contribution in [3.8, 4) is 0 Å². The smallest absolute Gasteiger partial charge is 0.466 e. The van der Waals surface area contributed by atoms with Crippen LogP contribution in [0.25, 0.3) is 0 Å². The second kappa shape index (κ2) is 6.20. The van der Waals surface area contributed by atoms with Crippen LogP contribution in [-0.4, -0.2) is 35.7 Å². The number of rotatable bonds is 5. The molecule has 1 rings (SSSR count). The van der Waals surface area contributed by atoms with Crippen LogP contribution in [0.15, 0.2) is 0 Å². The summed E-state index contributed by atoms with van der Waals surface area (Å²) in [6.07, 6.45) is -6.59. The maximum Gasteiger partial charge on any atom is 0.490 e. The Morgan fingerprint density at radius 3 is 2.19 bits per heavy atom. The van der Waals surface area contributed by atoms with E-state index in [9.17, 15) is 22.8 Å². The lowest BCUT2D eigenvalue weighted by atomic mass is 10.1. The Balaban J connectivity index is 2.88. The summed E-state index contributed by atoms with van der Waals surface area (Å²) in [7, 11) is 0. The first-order valence-corrected chi connectivity index (χ1v) is 7.04. The van der Waals surface area contributed by atoms with Gasteiger partial charge in [-0.3, -0.25) is 4.79 Å². The minimum absolute atomic E-state index is 0.135. The molecule has 0 aliphatic heterocycles. The zero-order valence-corrected chi connectivity index (χ0v) is 13.1. The first-order valence-electron chi connectivity index (χ1n) is 6.17. The molecule has 3 atom stereocenters. The van der Waals surface area contributed by atoms with Gasteiger partial charge in [0.15, 0.2) is 0 Å². The highest BCUT2D eigenvalue weighted by Crippen LogP contribution is 2.62. The standard InChI is InChI=1S/C12H15Cl2F3O4/c1-4-20-9(18)6-5(11(6,2)3)7(8(13)14)21-10(19)12(15,16)17/h5-8H,4H2,1-3H3/t5-,6-,7?/m0/s1. The number of carbonyl (C=O) groups excluding carboxylic acids is 2. The van der Waals surface area contributed by atoms with Crippen LogP contribution < -0.4 is 0 Å². The van der Waals surface area contributed by atoms with Crippen LogP contribution in [0.1, 0.15) is 20.8 Å². The van der Waals surface area contributed by atoms with Gasteiger partial charge in [0.25, 0.3) is 0 Å².